The maximum Gasteiger partial charge on any atom is 0.192 e. The van der Waals surface area contributed by atoms with Crippen molar-refractivity contribution in [2.24, 2.45) is 10.9 Å². The number of guanidine groups is 1. The van der Waals surface area contributed by atoms with Gasteiger partial charge < -0.3 is 15.4 Å². The number of aromatic nitrogens is 1. The van der Waals surface area contributed by atoms with Gasteiger partial charge in [-0.1, -0.05) is 32.0 Å². The predicted octanol–water partition coefficient (Wildman–Crippen LogP) is 3.93. The Morgan fingerprint density at radius 1 is 1.12 bits per heavy atom. The molecule has 2 N–H and O–H groups in total. The largest absolute Gasteiger partial charge is 0.493 e. The number of aliphatic imine (C=N–C) groups is 1. The molecule has 0 spiro atoms. The molecule has 0 bridgehead atoms. The Morgan fingerprint density at radius 3 is 2.50 bits per heavy atom. The lowest BCUT2D eigenvalue weighted by Crippen LogP contribution is -2.38. The molecule has 2 rings (SSSR count). The van der Waals surface area contributed by atoms with E-state index in [2.05, 4.69) is 60.4 Å². The molecule has 1 aromatic heterocycles. The molecule has 2 aromatic rings. The van der Waals surface area contributed by atoms with Crippen molar-refractivity contribution in [3.05, 3.63) is 59.9 Å². The first kappa shape index (κ1) is 19.8. The highest BCUT2D eigenvalue weighted by molar-refractivity contribution is 5.80. The molecule has 0 fully saturated rings. The SMILES string of the molecule is CCNC(=NCc1ccccn1)NC(C)c1ccc(OCC(C)C)cc1. The molecule has 0 aliphatic rings. The maximum atomic E-state index is 5.75. The van der Waals surface area contributed by atoms with Crippen LogP contribution in [0.2, 0.25) is 0 Å². The summed E-state index contributed by atoms with van der Waals surface area (Å²) in [5.74, 6) is 2.21. The second kappa shape index (κ2) is 10.4. The number of benzene rings is 1. The van der Waals surface area contributed by atoms with Gasteiger partial charge in [0.25, 0.3) is 0 Å². The zero-order valence-electron chi connectivity index (χ0n) is 16.2. The molecule has 0 aliphatic heterocycles. The van der Waals surface area contributed by atoms with Crippen LogP contribution >= 0.6 is 0 Å². The first-order chi connectivity index (χ1) is 12.6. The van der Waals surface area contributed by atoms with Gasteiger partial charge in [0.2, 0.25) is 0 Å². The minimum Gasteiger partial charge on any atom is -0.493 e. The van der Waals surface area contributed by atoms with Gasteiger partial charge in [-0.2, -0.15) is 0 Å². The van der Waals surface area contributed by atoms with Crippen LogP contribution in [0.4, 0.5) is 0 Å². The minimum absolute atomic E-state index is 0.135. The quantitative estimate of drug-likeness (QED) is 0.557. The molecular formula is C21H30N4O. The molecule has 1 aromatic carbocycles. The van der Waals surface area contributed by atoms with E-state index in [1.165, 1.54) is 5.56 Å². The number of rotatable bonds is 8. The van der Waals surface area contributed by atoms with E-state index in [4.69, 9.17) is 4.74 Å². The standard InChI is InChI=1S/C21H30N4O/c1-5-22-21(24-14-19-8-6-7-13-23-19)25-17(4)18-9-11-20(12-10-18)26-15-16(2)3/h6-13,16-17H,5,14-15H2,1-4H3,(H2,22,24,25). The molecule has 140 valence electrons. The summed E-state index contributed by atoms with van der Waals surface area (Å²) in [6, 6.07) is 14.2. The first-order valence-electron chi connectivity index (χ1n) is 9.26. The Labute approximate surface area is 156 Å². The average Bonchev–Trinajstić information content (AvgIpc) is 2.66. The van der Waals surface area contributed by atoms with Crippen LogP contribution in [0.15, 0.2) is 53.7 Å². The highest BCUT2D eigenvalue weighted by Crippen LogP contribution is 2.18. The Kier molecular flexibility index (Phi) is 7.93. The van der Waals surface area contributed by atoms with E-state index < -0.39 is 0 Å². The number of hydrogen-bond acceptors (Lipinski definition) is 3. The lowest BCUT2D eigenvalue weighted by atomic mass is 10.1. The summed E-state index contributed by atoms with van der Waals surface area (Å²) >= 11 is 0. The van der Waals surface area contributed by atoms with Gasteiger partial charge in [-0.25, -0.2) is 4.99 Å². The normalized spacial score (nSPS) is 12.7. The van der Waals surface area contributed by atoms with Gasteiger partial charge in [-0.05, 0) is 49.6 Å². The predicted molar refractivity (Wildman–Crippen MR) is 107 cm³/mol. The van der Waals surface area contributed by atoms with Crippen LogP contribution in [0.1, 0.15) is 45.0 Å². The van der Waals surface area contributed by atoms with E-state index in [0.717, 1.165) is 30.6 Å². The smallest absolute Gasteiger partial charge is 0.192 e. The monoisotopic (exact) mass is 354 g/mol. The number of hydrogen-bond donors (Lipinski definition) is 2. The lowest BCUT2D eigenvalue weighted by Gasteiger charge is -2.18. The zero-order chi connectivity index (χ0) is 18.8. The summed E-state index contributed by atoms with van der Waals surface area (Å²) in [6.45, 7) is 10.6. The Bertz CT molecular complexity index is 668. The zero-order valence-corrected chi connectivity index (χ0v) is 16.2. The van der Waals surface area contributed by atoms with E-state index in [1.807, 2.05) is 30.3 Å². The fourth-order valence-electron chi connectivity index (χ4n) is 2.38. The van der Waals surface area contributed by atoms with Gasteiger partial charge in [-0.15, -0.1) is 0 Å². The summed E-state index contributed by atoms with van der Waals surface area (Å²) in [6.07, 6.45) is 1.79. The maximum absolute atomic E-state index is 5.75. The van der Waals surface area contributed by atoms with Gasteiger partial charge in [0.05, 0.1) is 24.9 Å². The lowest BCUT2D eigenvalue weighted by molar-refractivity contribution is 0.271. The Balaban J connectivity index is 1.96. The summed E-state index contributed by atoms with van der Waals surface area (Å²) < 4.78 is 5.75. The molecule has 5 heteroatoms. The molecule has 1 atom stereocenters. The highest BCUT2D eigenvalue weighted by atomic mass is 16.5. The fraction of sp³-hybridized carbons (Fsp3) is 0.429. The number of ether oxygens (including phenoxy) is 1. The Morgan fingerprint density at radius 2 is 1.88 bits per heavy atom. The topological polar surface area (TPSA) is 58.5 Å². The third-order valence-corrected chi connectivity index (χ3v) is 3.79. The molecule has 0 saturated carbocycles. The molecular weight excluding hydrogens is 324 g/mol. The minimum atomic E-state index is 0.135. The second-order valence-electron chi connectivity index (χ2n) is 6.66. The molecule has 1 heterocycles. The van der Waals surface area contributed by atoms with Gasteiger partial charge in [0, 0.05) is 12.7 Å². The molecule has 5 nitrogen and oxygen atoms in total. The van der Waals surface area contributed by atoms with Crippen LogP contribution in [0.3, 0.4) is 0 Å². The van der Waals surface area contributed by atoms with E-state index in [-0.39, 0.29) is 6.04 Å². The third-order valence-electron chi connectivity index (χ3n) is 3.79. The summed E-state index contributed by atoms with van der Waals surface area (Å²) in [5.41, 5.74) is 2.13. The van der Waals surface area contributed by atoms with E-state index in [1.54, 1.807) is 6.20 Å². The van der Waals surface area contributed by atoms with Gasteiger partial charge in [-0.3, -0.25) is 4.98 Å². The summed E-state index contributed by atoms with van der Waals surface area (Å²) in [5, 5.41) is 6.73. The molecule has 1 unspecified atom stereocenters. The van der Waals surface area contributed by atoms with Gasteiger partial charge in [0.1, 0.15) is 5.75 Å². The van der Waals surface area contributed by atoms with Crippen molar-refractivity contribution in [2.45, 2.75) is 40.3 Å². The van der Waals surface area contributed by atoms with Gasteiger partial charge in [0.15, 0.2) is 5.96 Å². The van der Waals surface area contributed by atoms with Crippen LogP contribution in [-0.2, 0) is 6.54 Å². The molecule has 0 amide bonds. The van der Waals surface area contributed by atoms with E-state index in [9.17, 15) is 0 Å². The van der Waals surface area contributed by atoms with Crippen molar-refractivity contribution >= 4 is 5.96 Å². The highest BCUT2D eigenvalue weighted by Gasteiger charge is 2.08. The Hall–Kier alpha value is -2.56. The molecule has 0 saturated heterocycles. The fourth-order valence-corrected chi connectivity index (χ4v) is 2.38. The van der Waals surface area contributed by atoms with Crippen LogP contribution in [-0.4, -0.2) is 24.1 Å². The van der Waals surface area contributed by atoms with E-state index in [0.29, 0.717) is 12.5 Å². The molecule has 0 aliphatic carbocycles. The number of pyridine rings is 1. The summed E-state index contributed by atoms with van der Waals surface area (Å²) in [4.78, 5) is 8.93. The van der Waals surface area contributed by atoms with Crippen LogP contribution in [0.5, 0.6) is 5.75 Å². The van der Waals surface area contributed by atoms with Crippen molar-refractivity contribution in [3.63, 3.8) is 0 Å². The van der Waals surface area contributed by atoms with E-state index >= 15 is 0 Å². The second-order valence-corrected chi connectivity index (χ2v) is 6.66. The van der Waals surface area contributed by atoms with Crippen molar-refractivity contribution in [1.82, 2.24) is 15.6 Å². The van der Waals surface area contributed by atoms with Crippen LogP contribution < -0.4 is 15.4 Å². The van der Waals surface area contributed by atoms with Gasteiger partial charge >= 0.3 is 0 Å². The first-order valence-corrected chi connectivity index (χ1v) is 9.26. The van der Waals surface area contributed by atoms with Crippen molar-refractivity contribution < 1.29 is 4.74 Å². The number of nitrogens with zero attached hydrogens (tertiary/aromatic N) is 2. The molecule has 0 radical (unpaired) electrons. The average molecular weight is 354 g/mol. The van der Waals surface area contributed by atoms with Crippen LogP contribution in [0.25, 0.3) is 0 Å². The summed E-state index contributed by atoms with van der Waals surface area (Å²) in [7, 11) is 0. The van der Waals surface area contributed by atoms with Crippen LogP contribution in [0, 0.1) is 5.92 Å². The molecule has 26 heavy (non-hydrogen) atoms. The van der Waals surface area contributed by atoms with Crippen molar-refractivity contribution in [2.75, 3.05) is 13.2 Å². The van der Waals surface area contributed by atoms with Crippen molar-refractivity contribution in [1.29, 1.82) is 0 Å². The third kappa shape index (κ3) is 6.75. The van der Waals surface area contributed by atoms with Crippen molar-refractivity contribution in [3.8, 4) is 5.75 Å². The number of nitrogens with one attached hydrogen (secondary N) is 2.